The highest BCUT2D eigenvalue weighted by Gasteiger charge is 2.24. The van der Waals surface area contributed by atoms with Gasteiger partial charge in [-0.25, -0.2) is 0 Å². The van der Waals surface area contributed by atoms with Crippen molar-refractivity contribution < 1.29 is 14.8 Å². The second-order valence-corrected chi connectivity index (χ2v) is 5.19. The van der Waals surface area contributed by atoms with Gasteiger partial charge in [-0.05, 0) is 27.1 Å². The molecule has 0 saturated heterocycles. The Morgan fingerprint density at radius 1 is 1.45 bits per heavy atom. The van der Waals surface area contributed by atoms with Crippen LogP contribution in [-0.2, 0) is 0 Å². The van der Waals surface area contributed by atoms with Crippen molar-refractivity contribution in [3.05, 3.63) is 39.9 Å². The van der Waals surface area contributed by atoms with E-state index in [1.807, 2.05) is 0 Å². The van der Waals surface area contributed by atoms with E-state index in [0.717, 1.165) is 0 Å². The van der Waals surface area contributed by atoms with Crippen molar-refractivity contribution in [3.63, 3.8) is 0 Å². The Kier molecular flexibility index (Phi) is 5.18. The molecular weight excluding hydrogens is 262 g/mol. The first-order valence-electron chi connectivity index (χ1n) is 6.12. The third kappa shape index (κ3) is 4.60. The maximum absolute atomic E-state index is 12.0. The van der Waals surface area contributed by atoms with Gasteiger partial charge in [0.15, 0.2) is 0 Å². The van der Waals surface area contributed by atoms with Gasteiger partial charge in [0.2, 0.25) is 0 Å². The number of benzene rings is 1. The number of rotatable bonds is 6. The normalized spacial score (nSPS) is 13.8. The number of nitro benzene ring substituents is 1. The van der Waals surface area contributed by atoms with E-state index < -0.39 is 16.4 Å². The van der Waals surface area contributed by atoms with Gasteiger partial charge >= 0.3 is 0 Å². The molecular formula is C13H19N3O4. The largest absolute Gasteiger partial charge is 0.387 e. The van der Waals surface area contributed by atoms with Crippen LogP contribution >= 0.6 is 0 Å². The average molecular weight is 281 g/mol. The second-order valence-electron chi connectivity index (χ2n) is 5.19. The number of hydrogen-bond acceptors (Lipinski definition) is 5. The maximum atomic E-state index is 12.0. The summed E-state index contributed by atoms with van der Waals surface area (Å²) in [4.78, 5) is 24.0. The van der Waals surface area contributed by atoms with Crippen molar-refractivity contribution >= 4 is 11.6 Å². The van der Waals surface area contributed by atoms with E-state index in [0.29, 0.717) is 6.54 Å². The van der Waals surface area contributed by atoms with Crippen LogP contribution in [0.2, 0.25) is 0 Å². The minimum Gasteiger partial charge on any atom is -0.387 e. The van der Waals surface area contributed by atoms with Gasteiger partial charge in [0, 0.05) is 19.2 Å². The number of amides is 1. The zero-order valence-electron chi connectivity index (χ0n) is 11.8. The summed E-state index contributed by atoms with van der Waals surface area (Å²) in [5, 5.41) is 23.4. The fourth-order valence-electron chi connectivity index (χ4n) is 1.93. The van der Waals surface area contributed by atoms with Crippen molar-refractivity contribution in [1.82, 2.24) is 10.2 Å². The van der Waals surface area contributed by atoms with Crippen LogP contribution in [0.1, 0.15) is 17.3 Å². The summed E-state index contributed by atoms with van der Waals surface area (Å²) in [7, 11) is 3.61. The fraction of sp³-hybridized carbons (Fsp3) is 0.462. The summed E-state index contributed by atoms with van der Waals surface area (Å²) in [6, 6.07) is 5.71. The molecule has 0 radical (unpaired) electrons. The molecule has 1 rings (SSSR count). The minimum atomic E-state index is -1.11. The summed E-state index contributed by atoms with van der Waals surface area (Å²) < 4.78 is 0. The standard InChI is InChI=1S/C13H19N3O4/c1-13(18,9-15(2)3)8-14-12(17)10-6-4-5-7-11(10)16(19)20/h4-7,18H,8-9H2,1-3H3,(H,14,17). The van der Waals surface area contributed by atoms with Crippen LogP contribution in [0.4, 0.5) is 5.69 Å². The van der Waals surface area contributed by atoms with Crippen LogP contribution in [0.5, 0.6) is 0 Å². The molecule has 1 atom stereocenters. The van der Waals surface area contributed by atoms with Gasteiger partial charge in [-0.2, -0.15) is 0 Å². The third-order valence-electron chi connectivity index (χ3n) is 2.63. The molecule has 0 aliphatic carbocycles. The molecule has 0 fully saturated rings. The molecule has 7 heteroatoms. The molecule has 0 spiro atoms. The van der Waals surface area contributed by atoms with Crippen LogP contribution in [-0.4, -0.2) is 53.6 Å². The zero-order chi connectivity index (χ0) is 15.3. The Hall–Kier alpha value is -1.99. The lowest BCUT2D eigenvalue weighted by Crippen LogP contribution is -2.47. The second kappa shape index (κ2) is 6.44. The van der Waals surface area contributed by atoms with Gasteiger partial charge in [0.05, 0.1) is 10.5 Å². The Labute approximate surface area is 117 Å². The predicted molar refractivity (Wildman–Crippen MR) is 74.6 cm³/mol. The van der Waals surface area contributed by atoms with E-state index in [9.17, 15) is 20.0 Å². The molecule has 0 aliphatic heterocycles. The van der Waals surface area contributed by atoms with Crippen molar-refractivity contribution in [2.75, 3.05) is 27.2 Å². The van der Waals surface area contributed by atoms with Crippen molar-refractivity contribution in [2.24, 2.45) is 0 Å². The van der Waals surface area contributed by atoms with Crippen LogP contribution in [0.25, 0.3) is 0 Å². The van der Waals surface area contributed by atoms with E-state index in [2.05, 4.69) is 5.32 Å². The monoisotopic (exact) mass is 281 g/mol. The van der Waals surface area contributed by atoms with E-state index >= 15 is 0 Å². The topological polar surface area (TPSA) is 95.7 Å². The van der Waals surface area contributed by atoms with Crippen molar-refractivity contribution in [2.45, 2.75) is 12.5 Å². The molecule has 1 unspecified atom stereocenters. The summed E-state index contributed by atoms with van der Waals surface area (Å²) in [5.41, 5.74) is -1.38. The molecule has 1 amide bonds. The van der Waals surface area contributed by atoms with E-state index in [1.54, 1.807) is 32.0 Å². The summed E-state index contributed by atoms with van der Waals surface area (Å²) >= 11 is 0. The number of nitro groups is 1. The van der Waals surface area contributed by atoms with Gasteiger partial charge in [-0.1, -0.05) is 12.1 Å². The predicted octanol–water partition coefficient (Wildman–Crippen LogP) is 0.637. The lowest BCUT2D eigenvalue weighted by molar-refractivity contribution is -0.385. The van der Waals surface area contributed by atoms with Crippen LogP contribution in [0.15, 0.2) is 24.3 Å². The molecule has 20 heavy (non-hydrogen) atoms. The lowest BCUT2D eigenvalue weighted by Gasteiger charge is -2.27. The number of hydrogen-bond donors (Lipinski definition) is 2. The van der Waals surface area contributed by atoms with E-state index in [-0.39, 0.29) is 17.8 Å². The van der Waals surface area contributed by atoms with E-state index in [1.165, 1.54) is 18.2 Å². The third-order valence-corrected chi connectivity index (χ3v) is 2.63. The number of aliphatic hydroxyl groups is 1. The zero-order valence-corrected chi connectivity index (χ0v) is 11.8. The SMILES string of the molecule is CN(C)CC(C)(O)CNC(=O)c1ccccc1[N+](=O)[O-]. The molecule has 7 nitrogen and oxygen atoms in total. The number of likely N-dealkylation sites (N-methyl/N-ethyl adjacent to an activating group) is 1. The van der Waals surface area contributed by atoms with Gasteiger partial charge in [-0.15, -0.1) is 0 Å². The Morgan fingerprint density at radius 3 is 2.60 bits per heavy atom. The summed E-state index contributed by atoms with van der Waals surface area (Å²) in [5.74, 6) is -0.573. The van der Waals surface area contributed by atoms with Gasteiger partial charge in [0.25, 0.3) is 11.6 Å². The smallest absolute Gasteiger partial charge is 0.282 e. The fourth-order valence-corrected chi connectivity index (χ4v) is 1.93. The Balaban J connectivity index is 2.75. The average Bonchev–Trinajstić information content (AvgIpc) is 2.34. The van der Waals surface area contributed by atoms with Gasteiger partial charge in [-0.3, -0.25) is 14.9 Å². The first-order valence-corrected chi connectivity index (χ1v) is 6.12. The molecule has 1 aromatic rings. The highest BCUT2D eigenvalue weighted by Crippen LogP contribution is 2.17. The molecule has 0 heterocycles. The van der Waals surface area contributed by atoms with Crippen LogP contribution in [0.3, 0.4) is 0 Å². The molecule has 1 aromatic carbocycles. The highest BCUT2D eigenvalue weighted by atomic mass is 16.6. The van der Waals surface area contributed by atoms with Crippen LogP contribution < -0.4 is 5.32 Å². The van der Waals surface area contributed by atoms with E-state index in [4.69, 9.17) is 0 Å². The molecule has 2 N–H and O–H groups in total. The number of nitrogens with zero attached hydrogens (tertiary/aromatic N) is 2. The highest BCUT2D eigenvalue weighted by molar-refractivity contribution is 5.98. The molecule has 0 saturated carbocycles. The van der Waals surface area contributed by atoms with Crippen molar-refractivity contribution in [1.29, 1.82) is 0 Å². The van der Waals surface area contributed by atoms with Crippen molar-refractivity contribution in [3.8, 4) is 0 Å². The van der Waals surface area contributed by atoms with Gasteiger partial charge in [0.1, 0.15) is 5.56 Å². The van der Waals surface area contributed by atoms with Gasteiger partial charge < -0.3 is 15.3 Å². The molecule has 110 valence electrons. The summed E-state index contributed by atoms with van der Waals surface area (Å²) in [6.45, 7) is 1.97. The van der Waals surface area contributed by atoms with Crippen LogP contribution in [0, 0.1) is 10.1 Å². The number of nitrogens with one attached hydrogen (secondary N) is 1. The lowest BCUT2D eigenvalue weighted by atomic mass is 10.1. The quantitative estimate of drug-likeness (QED) is 0.589. The number of carbonyl (C=O) groups excluding carboxylic acids is 1. The number of para-hydroxylation sites is 1. The first kappa shape index (κ1) is 16.1. The minimum absolute atomic E-state index is 0.00998. The Morgan fingerprint density at radius 2 is 2.05 bits per heavy atom. The Bertz CT molecular complexity index is 500. The maximum Gasteiger partial charge on any atom is 0.282 e. The molecule has 0 bridgehead atoms. The molecule has 0 aliphatic rings. The summed E-state index contributed by atoms with van der Waals surface area (Å²) in [6.07, 6.45) is 0. The molecule has 0 aromatic heterocycles. The number of carbonyl (C=O) groups is 1. The first-order chi connectivity index (χ1) is 9.23.